The molecular weight excluding hydrogens is 212 g/mol. The lowest BCUT2D eigenvalue weighted by molar-refractivity contribution is 0.0634. The largest absolute Gasteiger partial charge is 0.377 e. The molecule has 3 unspecified atom stereocenters. The number of rotatable bonds is 1. The average molecular weight is 238 g/mol. The number of nitrogens with zero attached hydrogens (tertiary/aromatic N) is 2. The Bertz CT molecular complexity index is 259. The van der Waals surface area contributed by atoms with Gasteiger partial charge in [-0.15, -0.1) is 0 Å². The lowest BCUT2D eigenvalue weighted by Crippen LogP contribution is -2.48. The Labute approximate surface area is 105 Å². The third-order valence-corrected chi connectivity index (χ3v) is 4.89. The summed E-state index contributed by atoms with van der Waals surface area (Å²) in [6, 6.07) is 1.52. The number of hydrogen-bond acceptors (Lipinski definition) is 3. The van der Waals surface area contributed by atoms with Gasteiger partial charge in [-0.2, -0.15) is 0 Å². The molecule has 3 aliphatic heterocycles. The first-order valence-electron chi connectivity index (χ1n) is 7.44. The summed E-state index contributed by atoms with van der Waals surface area (Å²) in [5, 5.41) is 0. The predicted molar refractivity (Wildman–Crippen MR) is 69.2 cm³/mol. The van der Waals surface area contributed by atoms with Crippen molar-refractivity contribution in [3.8, 4) is 0 Å². The highest BCUT2D eigenvalue weighted by molar-refractivity contribution is 4.89. The Morgan fingerprint density at radius 3 is 2.59 bits per heavy atom. The highest BCUT2D eigenvalue weighted by Gasteiger charge is 2.34. The molecule has 3 rings (SSSR count). The topological polar surface area (TPSA) is 15.7 Å². The third kappa shape index (κ3) is 2.51. The molecule has 3 saturated heterocycles. The van der Waals surface area contributed by atoms with Crippen molar-refractivity contribution in [2.45, 2.75) is 57.2 Å². The lowest BCUT2D eigenvalue weighted by Gasteiger charge is -2.37. The second kappa shape index (κ2) is 5.25. The van der Waals surface area contributed by atoms with Gasteiger partial charge in [0, 0.05) is 25.2 Å². The molecule has 3 heteroatoms. The van der Waals surface area contributed by atoms with Gasteiger partial charge >= 0.3 is 0 Å². The van der Waals surface area contributed by atoms with Gasteiger partial charge in [0.2, 0.25) is 0 Å². The standard InChI is InChI=1S/C14H26N2O/c1-12-14(6-10-17-12)16-9-4-8-15-7-3-2-5-13(15)11-16/h12-14H,2-11H2,1H3. The maximum absolute atomic E-state index is 5.74. The fourth-order valence-electron chi connectivity index (χ4n) is 3.90. The molecule has 0 N–H and O–H groups in total. The van der Waals surface area contributed by atoms with Crippen molar-refractivity contribution in [2.75, 3.05) is 32.8 Å². The van der Waals surface area contributed by atoms with Crippen LogP contribution in [0.25, 0.3) is 0 Å². The molecule has 98 valence electrons. The molecule has 17 heavy (non-hydrogen) atoms. The summed E-state index contributed by atoms with van der Waals surface area (Å²) in [6.45, 7) is 8.46. The summed E-state index contributed by atoms with van der Waals surface area (Å²) in [7, 11) is 0. The molecule has 3 fully saturated rings. The van der Waals surface area contributed by atoms with E-state index in [1.807, 2.05) is 0 Å². The van der Waals surface area contributed by atoms with Gasteiger partial charge in [0.05, 0.1) is 6.10 Å². The fourth-order valence-corrected chi connectivity index (χ4v) is 3.90. The summed E-state index contributed by atoms with van der Waals surface area (Å²) < 4.78 is 5.74. The Balaban J connectivity index is 1.65. The van der Waals surface area contributed by atoms with Gasteiger partial charge in [0.1, 0.15) is 0 Å². The summed E-state index contributed by atoms with van der Waals surface area (Å²) in [4.78, 5) is 5.47. The minimum Gasteiger partial charge on any atom is -0.377 e. The Morgan fingerprint density at radius 2 is 1.76 bits per heavy atom. The van der Waals surface area contributed by atoms with Crippen molar-refractivity contribution < 1.29 is 4.74 Å². The molecule has 3 nitrogen and oxygen atoms in total. The van der Waals surface area contributed by atoms with E-state index in [0.717, 1.165) is 12.6 Å². The predicted octanol–water partition coefficient (Wildman–Crippen LogP) is 1.72. The fraction of sp³-hybridized carbons (Fsp3) is 1.00. The molecule has 0 spiro atoms. The first kappa shape index (κ1) is 11.9. The molecule has 0 bridgehead atoms. The summed E-state index contributed by atoms with van der Waals surface area (Å²) in [5.41, 5.74) is 0. The van der Waals surface area contributed by atoms with Gasteiger partial charge in [0.25, 0.3) is 0 Å². The summed E-state index contributed by atoms with van der Waals surface area (Å²) in [6.07, 6.45) is 7.31. The summed E-state index contributed by atoms with van der Waals surface area (Å²) >= 11 is 0. The van der Waals surface area contributed by atoms with Crippen molar-refractivity contribution in [2.24, 2.45) is 0 Å². The zero-order chi connectivity index (χ0) is 11.7. The molecule has 3 atom stereocenters. The van der Waals surface area contributed by atoms with Crippen molar-refractivity contribution in [3.05, 3.63) is 0 Å². The second-order valence-corrected chi connectivity index (χ2v) is 5.97. The van der Waals surface area contributed by atoms with Crippen LogP contribution in [-0.2, 0) is 4.74 Å². The van der Waals surface area contributed by atoms with E-state index in [1.165, 1.54) is 58.3 Å². The normalized spacial score (nSPS) is 41.1. The van der Waals surface area contributed by atoms with Crippen LogP contribution in [0.2, 0.25) is 0 Å². The van der Waals surface area contributed by atoms with Gasteiger partial charge < -0.3 is 4.74 Å². The average Bonchev–Trinajstić information content (AvgIpc) is 2.65. The van der Waals surface area contributed by atoms with E-state index >= 15 is 0 Å². The molecule has 3 aliphatic rings. The van der Waals surface area contributed by atoms with Crippen LogP contribution in [0.3, 0.4) is 0 Å². The Kier molecular flexibility index (Phi) is 3.69. The molecule has 0 aliphatic carbocycles. The number of hydrogen-bond donors (Lipinski definition) is 0. The van der Waals surface area contributed by atoms with Crippen molar-refractivity contribution in [3.63, 3.8) is 0 Å². The van der Waals surface area contributed by atoms with Crippen LogP contribution in [-0.4, -0.2) is 60.8 Å². The molecule has 0 radical (unpaired) electrons. The van der Waals surface area contributed by atoms with E-state index in [1.54, 1.807) is 0 Å². The Morgan fingerprint density at radius 1 is 0.941 bits per heavy atom. The van der Waals surface area contributed by atoms with Crippen LogP contribution >= 0.6 is 0 Å². The summed E-state index contributed by atoms with van der Waals surface area (Å²) in [5.74, 6) is 0. The van der Waals surface area contributed by atoms with E-state index in [0.29, 0.717) is 12.1 Å². The van der Waals surface area contributed by atoms with Gasteiger partial charge in [-0.1, -0.05) is 6.42 Å². The monoisotopic (exact) mass is 238 g/mol. The SMILES string of the molecule is CC1OCCC1N1CCCN2CCCCC2C1. The maximum atomic E-state index is 5.74. The van der Waals surface area contributed by atoms with Crippen molar-refractivity contribution >= 4 is 0 Å². The third-order valence-electron chi connectivity index (χ3n) is 4.89. The highest BCUT2D eigenvalue weighted by Crippen LogP contribution is 2.26. The van der Waals surface area contributed by atoms with Crippen LogP contribution in [0.1, 0.15) is 39.0 Å². The van der Waals surface area contributed by atoms with Gasteiger partial charge in [-0.25, -0.2) is 0 Å². The minimum atomic E-state index is 0.449. The van der Waals surface area contributed by atoms with Crippen LogP contribution < -0.4 is 0 Å². The van der Waals surface area contributed by atoms with Crippen molar-refractivity contribution in [1.82, 2.24) is 9.80 Å². The quantitative estimate of drug-likeness (QED) is 0.692. The van der Waals surface area contributed by atoms with Crippen LogP contribution in [0.5, 0.6) is 0 Å². The van der Waals surface area contributed by atoms with Crippen LogP contribution in [0.4, 0.5) is 0 Å². The highest BCUT2D eigenvalue weighted by atomic mass is 16.5. The van der Waals surface area contributed by atoms with E-state index in [4.69, 9.17) is 4.74 Å². The van der Waals surface area contributed by atoms with E-state index in [2.05, 4.69) is 16.7 Å². The number of piperidine rings is 1. The van der Waals surface area contributed by atoms with E-state index in [9.17, 15) is 0 Å². The van der Waals surface area contributed by atoms with Crippen molar-refractivity contribution in [1.29, 1.82) is 0 Å². The molecule has 3 heterocycles. The molecule has 0 amide bonds. The lowest BCUT2D eigenvalue weighted by atomic mass is 10.0. The smallest absolute Gasteiger partial charge is 0.0703 e. The number of ether oxygens (including phenoxy) is 1. The van der Waals surface area contributed by atoms with Gasteiger partial charge in [-0.05, 0) is 52.2 Å². The van der Waals surface area contributed by atoms with E-state index < -0.39 is 0 Å². The second-order valence-electron chi connectivity index (χ2n) is 5.97. The molecule has 0 saturated carbocycles. The maximum Gasteiger partial charge on any atom is 0.0703 e. The first-order chi connectivity index (χ1) is 8.34. The first-order valence-corrected chi connectivity index (χ1v) is 7.44. The molecule has 0 aromatic carbocycles. The van der Waals surface area contributed by atoms with Crippen LogP contribution in [0, 0.1) is 0 Å². The van der Waals surface area contributed by atoms with Gasteiger partial charge in [0.15, 0.2) is 0 Å². The number of fused-ring (bicyclic) bond motifs is 1. The minimum absolute atomic E-state index is 0.449. The van der Waals surface area contributed by atoms with Gasteiger partial charge in [-0.3, -0.25) is 9.80 Å². The Hall–Kier alpha value is -0.120. The molecule has 0 aromatic rings. The molecule has 0 aromatic heterocycles. The van der Waals surface area contributed by atoms with E-state index in [-0.39, 0.29) is 0 Å². The molecular formula is C14H26N2O. The zero-order valence-electron chi connectivity index (χ0n) is 11.1. The zero-order valence-corrected chi connectivity index (χ0v) is 11.1. The van der Waals surface area contributed by atoms with Crippen LogP contribution in [0.15, 0.2) is 0 Å².